The summed E-state index contributed by atoms with van der Waals surface area (Å²) in [6.45, 7) is -0.324. The molecule has 0 unspecified atom stereocenters. The monoisotopic (exact) mass is 980 g/mol. The zero-order valence-corrected chi connectivity index (χ0v) is 42.0. The maximum Gasteiger partial charge on any atom is 0.243 e. The highest BCUT2D eigenvalue weighted by Gasteiger charge is 2.50. The van der Waals surface area contributed by atoms with Crippen molar-refractivity contribution in [1.82, 2.24) is 9.13 Å². The summed E-state index contributed by atoms with van der Waals surface area (Å²) in [5.74, 6) is 0. The molecule has 0 aliphatic carbocycles. The molecule has 15 rings (SSSR count). The predicted molar refractivity (Wildman–Crippen MR) is 316 cm³/mol. The third-order valence-electron chi connectivity index (χ3n) is 15.9. The molecule has 0 N–H and O–H groups in total. The Morgan fingerprint density at radius 3 is 0.892 bits per heavy atom. The molecule has 13 aromatic rings. The number of para-hydroxylation sites is 4. The topological polar surface area (TPSA) is 44.0 Å². The van der Waals surface area contributed by atoms with Crippen molar-refractivity contribution < 1.29 is 9.13 Å². The van der Waals surface area contributed by atoms with Crippen LogP contribution in [0.4, 0.5) is 0 Å². The van der Waals surface area contributed by atoms with Gasteiger partial charge in [0.1, 0.15) is 0 Å². The molecule has 2 aliphatic rings. The van der Waals surface area contributed by atoms with Crippen LogP contribution in [0.25, 0.3) is 55.0 Å². The van der Waals surface area contributed by atoms with E-state index in [2.05, 4.69) is 264 Å². The number of hydrogen-bond acceptors (Lipinski definition) is 2. The molecule has 2 aromatic heterocycles. The second-order valence-electron chi connectivity index (χ2n) is 19.7. The Bertz CT molecular complexity index is 4120. The standard InChI is InChI=1S/C66H44B2N2O2P2/c71-73(57-41-21-15-35-51(57)67(45-25-5-1-6-26-45)52-36-16-22-42-58(52)73)65-61-49-33-13-19-39-55(49)70(48-31-11-4-12-32-48)64(61)66(62-50-34-14-20-40-56(50)69(63(62)65)47-29-9-3-10-30-47)74(72)59-43-23-17-37-53(59)68(46-27-7-2-8-28-46)54-38-18-24-44-60(54)74/h1-44H. The van der Waals surface area contributed by atoms with E-state index in [4.69, 9.17) is 0 Å². The molecule has 2 aliphatic heterocycles. The largest absolute Gasteiger partial charge is 0.309 e. The number of aromatic nitrogens is 2. The van der Waals surface area contributed by atoms with Gasteiger partial charge in [-0.25, -0.2) is 0 Å². The number of benzene rings is 11. The van der Waals surface area contributed by atoms with Gasteiger partial charge in [-0.15, -0.1) is 0 Å². The van der Waals surface area contributed by atoms with E-state index >= 15 is 9.13 Å². The number of nitrogens with zero attached hydrogens (tertiary/aromatic N) is 2. The molecular weight excluding hydrogens is 936 g/mol. The van der Waals surface area contributed by atoms with Crippen LogP contribution in [0.3, 0.4) is 0 Å². The minimum Gasteiger partial charge on any atom is -0.309 e. The Morgan fingerprint density at radius 2 is 0.554 bits per heavy atom. The van der Waals surface area contributed by atoms with Crippen LogP contribution in [0, 0.1) is 0 Å². The van der Waals surface area contributed by atoms with Crippen LogP contribution in [0.2, 0.25) is 0 Å². The van der Waals surface area contributed by atoms with Crippen LogP contribution in [-0.4, -0.2) is 22.6 Å². The Balaban J connectivity index is 1.24. The molecule has 4 heterocycles. The van der Waals surface area contributed by atoms with Gasteiger partial charge in [0.05, 0.1) is 32.7 Å². The van der Waals surface area contributed by atoms with Crippen molar-refractivity contribution in [3.05, 3.63) is 267 Å². The molecule has 0 saturated carbocycles. The molecule has 0 atom stereocenters. The summed E-state index contributed by atoms with van der Waals surface area (Å²) in [6.07, 6.45) is 0. The fourth-order valence-electron chi connectivity index (χ4n) is 13.1. The Kier molecular flexibility index (Phi) is 9.68. The van der Waals surface area contributed by atoms with Crippen molar-refractivity contribution in [2.24, 2.45) is 0 Å². The molecule has 74 heavy (non-hydrogen) atoms. The Hall–Kier alpha value is -8.39. The van der Waals surface area contributed by atoms with Gasteiger partial charge in [0.25, 0.3) is 0 Å². The smallest absolute Gasteiger partial charge is 0.243 e. The summed E-state index contributed by atoms with van der Waals surface area (Å²) < 4.78 is 41.9. The van der Waals surface area contributed by atoms with Crippen LogP contribution in [-0.2, 0) is 9.13 Å². The first-order chi connectivity index (χ1) is 36.6. The average Bonchev–Trinajstić information content (AvgIpc) is 4.04. The number of hydrogen-bond donors (Lipinski definition) is 0. The Labute approximate surface area is 430 Å². The maximum absolute atomic E-state index is 18.6. The second kappa shape index (κ2) is 16.6. The number of fused-ring (bicyclic) bond motifs is 10. The lowest BCUT2D eigenvalue weighted by Gasteiger charge is -2.36. The van der Waals surface area contributed by atoms with E-state index in [1.54, 1.807) is 0 Å². The van der Waals surface area contributed by atoms with Gasteiger partial charge >= 0.3 is 0 Å². The molecule has 4 nitrogen and oxygen atoms in total. The number of rotatable bonds is 6. The van der Waals surface area contributed by atoms with Crippen LogP contribution < -0.4 is 64.6 Å². The SMILES string of the molecule is O=P1(c2c3c4ccccc4n(-c4ccccc4)c3c(P3(=O)c4ccccc4B(c4ccccc4)c4ccccc43)c3c4ccccc4n(-c4ccccc4)c23)c2ccccc2B(c2ccccc2)c2ccccc21. The fourth-order valence-corrected chi connectivity index (χ4v) is 20.1. The normalized spacial score (nSPS) is 14.2. The molecule has 0 spiro atoms. The highest BCUT2D eigenvalue weighted by Crippen LogP contribution is 2.55. The summed E-state index contributed by atoms with van der Waals surface area (Å²) in [5, 5.41) is 8.32. The average molecular weight is 981 g/mol. The third-order valence-corrected chi connectivity index (χ3v) is 22.4. The summed E-state index contributed by atoms with van der Waals surface area (Å²) >= 11 is 0. The first-order valence-electron chi connectivity index (χ1n) is 25.4. The van der Waals surface area contributed by atoms with E-state index in [0.29, 0.717) is 0 Å². The van der Waals surface area contributed by atoms with E-state index in [-0.39, 0.29) is 13.4 Å². The minimum absolute atomic E-state index is 0.162. The van der Waals surface area contributed by atoms with Gasteiger partial charge in [0, 0.05) is 54.1 Å². The molecule has 0 radical (unpaired) electrons. The van der Waals surface area contributed by atoms with Crippen LogP contribution >= 0.6 is 14.3 Å². The van der Waals surface area contributed by atoms with Gasteiger partial charge in [-0.2, -0.15) is 0 Å². The van der Waals surface area contributed by atoms with Crippen molar-refractivity contribution in [1.29, 1.82) is 0 Å². The van der Waals surface area contributed by atoms with E-state index < -0.39 is 14.3 Å². The summed E-state index contributed by atoms with van der Waals surface area (Å²) in [7, 11) is -7.94. The van der Waals surface area contributed by atoms with Gasteiger partial charge in [-0.3, -0.25) is 0 Å². The van der Waals surface area contributed by atoms with Crippen molar-refractivity contribution in [2.45, 2.75) is 0 Å². The summed E-state index contributed by atoms with van der Waals surface area (Å²) in [6, 6.07) is 93.3. The van der Waals surface area contributed by atoms with E-state index in [1.807, 2.05) is 12.1 Å². The zero-order valence-electron chi connectivity index (χ0n) is 40.2. The molecule has 0 saturated heterocycles. The summed E-state index contributed by atoms with van der Waals surface area (Å²) in [5.41, 5.74) is 11.7. The van der Waals surface area contributed by atoms with Crippen molar-refractivity contribution in [3.63, 3.8) is 0 Å². The minimum atomic E-state index is -3.97. The molecule has 8 heteroatoms. The molecule has 0 amide bonds. The lowest BCUT2D eigenvalue weighted by Crippen LogP contribution is -2.65. The van der Waals surface area contributed by atoms with Gasteiger partial charge in [0.2, 0.25) is 13.4 Å². The van der Waals surface area contributed by atoms with Crippen LogP contribution in [0.5, 0.6) is 0 Å². The molecule has 346 valence electrons. The first kappa shape index (κ1) is 43.2. The highest BCUT2D eigenvalue weighted by atomic mass is 31.2. The molecule has 11 aromatic carbocycles. The molecular formula is C66H44B2N2O2P2. The lowest BCUT2D eigenvalue weighted by molar-refractivity contribution is 0.592. The van der Waals surface area contributed by atoms with Gasteiger partial charge in [0.15, 0.2) is 14.3 Å². The van der Waals surface area contributed by atoms with E-state index in [1.165, 1.54) is 0 Å². The maximum atomic E-state index is 18.6. The van der Waals surface area contributed by atoms with Crippen molar-refractivity contribution >= 4 is 136 Å². The van der Waals surface area contributed by atoms with Gasteiger partial charge < -0.3 is 18.3 Å². The van der Waals surface area contributed by atoms with E-state index in [9.17, 15) is 0 Å². The quantitative estimate of drug-likeness (QED) is 0.124. The van der Waals surface area contributed by atoms with Gasteiger partial charge in [-0.1, -0.05) is 263 Å². The fraction of sp³-hybridized carbons (Fsp3) is 0. The van der Waals surface area contributed by atoms with E-state index in [0.717, 1.165) is 120 Å². The zero-order chi connectivity index (χ0) is 49.1. The summed E-state index contributed by atoms with van der Waals surface area (Å²) in [4.78, 5) is 0. The molecule has 0 bridgehead atoms. The van der Waals surface area contributed by atoms with Crippen molar-refractivity contribution in [3.8, 4) is 11.4 Å². The second-order valence-corrected chi connectivity index (χ2v) is 24.9. The van der Waals surface area contributed by atoms with Crippen LogP contribution in [0.1, 0.15) is 0 Å². The highest BCUT2D eigenvalue weighted by molar-refractivity contribution is 7.88. The van der Waals surface area contributed by atoms with Crippen molar-refractivity contribution in [2.75, 3.05) is 0 Å². The first-order valence-corrected chi connectivity index (χ1v) is 28.8. The van der Waals surface area contributed by atoms with Crippen LogP contribution in [0.15, 0.2) is 267 Å². The third kappa shape index (κ3) is 5.90. The Morgan fingerprint density at radius 1 is 0.284 bits per heavy atom. The lowest BCUT2D eigenvalue weighted by atomic mass is 9.36. The van der Waals surface area contributed by atoms with Gasteiger partial charge in [-0.05, 0) is 36.4 Å². The predicted octanol–water partition coefficient (Wildman–Crippen LogP) is 8.82. The molecule has 0 fully saturated rings.